The van der Waals surface area contributed by atoms with Crippen LogP contribution < -0.4 is 10.7 Å². The molecule has 3 unspecified atom stereocenters. The molecule has 2 aromatic heterocycles. The number of nitrogens with one attached hydrogen (secondary N) is 1. The maximum absolute atomic E-state index is 13.7. The first-order valence-electron chi connectivity index (χ1n) is 13.1. The molecule has 1 amide bonds. The molecule has 0 bridgehead atoms. The van der Waals surface area contributed by atoms with Crippen LogP contribution in [-0.4, -0.2) is 36.3 Å². The number of pyridine rings is 2. The predicted molar refractivity (Wildman–Crippen MR) is 151 cm³/mol. The van der Waals surface area contributed by atoms with Crippen LogP contribution in [0.15, 0.2) is 81.9 Å². The topological polar surface area (TPSA) is 122 Å². The van der Waals surface area contributed by atoms with Crippen LogP contribution in [0.25, 0.3) is 5.57 Å². The van der Waals surface area contributed by atoms with Crippen molar-refractivity contribution in [3.8, 4) is 6.07 Å². The number of carbonyl (C=O) groups excluding carboxylic acids is 1. The second-order valence-electron chi connectivity index (χ2n) is 10.6. The van der Waals surface area contributed by atoms with Crippen molar-refractivity contribution in [2.45, 2.75) is 44.4 Å². The predicted octanol–water partition coefficient (Wildman–Crippen LogP) is 4.76. The van der Waals surface area contributed by atoms with E-state index in [1.54, 1.807) is 16.7 Å². The number of halogens is 3. The van der Waals surface area contributed by atoms with E-state index in [1.165, 1.54) is 43.6 Å². The highest BCUT2D eigenvalue weighted by molar-refractivity contribution is 7.90. The standard InChI is InChI=1S/C30H29F3N4O4S/c1-18-4-6-21(11-27(18)30(31,32)33)25-16-37(15-22-7-5-20(12-34)10-19(22)2)17-26(28(25)38)29(39)36-13-23-8-9-24(14-35-23)42(3,40)41/h4-9,11,14,16-19,27H,10,13,15H2,1-3H3,(H,36,39). The monoisotopic (exact) mass is 598 g/mol. The zero-order chi connectivity index (χ0) is 30.8. The van der Waals surface area contributed by atoms with E-state index in [4.69, 9.17) is 0 Å². The van der Waals surface area contributed by atoms with E-state index >= 15 is 0 Å². The van der Waals surface area contributed by atoms with Gasteiger partial charge in [-0.25, -0.2) is 8.42 Å². The molecule has 2 aliphatic carbocycles. The summed E-state index contributed by atoms with van der Waals surface area (Å²) in [6.45, 7) is 3.51. The van der Waals surface area contributed by atoms with Gasteiger partial charge in [-0.05, 0) is 47.6 Å². The lowest BCUT2D eigenvalue weighted by Crippen LogP contribution is -2.32. The fourth-order valence-electron chi connectivity index (χ4n) is 4.84. The van der Waals surface area contributed by atoms with Crippen LogP contribution in [0.3, 0.4) is 0 Å². The highest BCUT2D eigenvalue weighted by atomic mass is 32.2. The molecule has 12 heteroatoms. The van der Waals surface area contributed by atoms with E-state index in [2.05, 4.69) is 16.4 Å². The third-order valence-electron chi connectivity index (χ3n) is 7.34. The smallest absolute Gasteiger partial charge is 0.349 e. The van der Waals surface area contributed by atoms with Gasteiger partial charge in [0, 0.05) is 42.5 Å². The molecule has 2 aromatic rings. The number of hydrogen-bond acceptors (Lipinski definition) is 6. The van der Waals surface area contributed by atoms with Crippen LogP contribution in [0.4, 0.5) is 13.2 Å². The number of allylic oxidation sites excluding steroid dienone is 8. The van der Waals surface area contributed by atoms with Gasteiger partial charge in [0.05, 0.1) is 29.1 Å². The van der Waals surface area contributed by atoms with Crippen LogP contribution >= 0.6 is 0 Å². The number of amides is 1. The Morgan fingerprint density at radius 1 is 1.21 bits per heavy atom. The van der Waals surface area contributed by atoms with Gasteiger partial charge >= 0.3 is 6.18 Å². The fourth-order valence-corrected chi connectivity index (χ4v) is 5.40. The average molecular weight is 599 g/mol. The minimum Gasteiger partial charge on any atom is -0.349 e. The van der Waals surface area contributed by atoms with Crippen LogP contribution in [0.5, 0.6) is 0 Å². The number of carbonyl (C=O) groups is 1. The van der Waals surface area contributed by atoms with Crippen molar-refractivity contribution in [3.05, 3.63) is 99.3 Å². The molecular formula is C30H29F3N4O4S. The second-order valence-corrected chi connectivity index (χ2v) is 12.6. The fraction of sp³-hybridized carbons (Fsp3) is 0.333. The maximum atomic E-state index is 13.7. The summed E-state index contributed by atoms with van der Waals surface area (Å²) in [7, 11) is -3.46. The van der Waals surface area contributed by atoms with Crippen LogP contribution in [0, 0.1) is 29.1 Å². The second kappa shape index (κ2) is 11.9. The molecule has 2 aliphatic rings. The number of alkyl halides is 3. The maximum Gasteiger partial charge on any atom is 0.395 e. The Balaban J connectivity index is 1.71. The molecular weight excluding hydrogens is 569 g/mol. The SMILES string of the molecule is CC1CC(C#N)=CC=C1Cn1cc(C(=O)NCc2ccc(S(C)(=O)=O)cn2)c(=O)c(C2=CC(C(F)(F)F)C(C)C=C2)c1. The summed E-state index contributed by atoms with van der Waals surface area (Å²) in [6.07, 6.45) is 8.40. The number of sulfone groups is 1. The molecule has 0 fully saturated rings. The molecule has 220 valence electrons. The Kier molecular flexibility index (Phi) is 8.73. The first kappa shape index (κ1) is 30.7. The van der Waals surface area contributed by atoms with Crippen LogP contribution in [0.2, 0.25) is 0 Å². The average Bonchev–Trinajstić information content (AvgIpc) is 2.93. The van der Waals surface area contributed by atoms with Crippen molar-refractivity contribution in [2.75, 3.05) is 6.26 Å². The lowest BCUT2D eigenvalue weighted by atomic mass is 9.84. The zero-order valence-corrected chi connectivity index (χ0v) is 24.0. The zero-order valence-electron chi connectivity index (χ0n) is 23.1. The Morgan fingerprint density at radius 3 is 2.55 bits per heavy atom. The Labute approximate surface area is 241 Å². The molecule has 4 rings (SSSR count). The van der Waals surface area contributed by atoms with E-state index in [0.717, 1.165) is 24.1 Å². The molecule has 0 spiro atoms. The lowest BCUT2D eigenvalue weighted by molar-refractivity contribution is -0.168. The summed E-state index contributed by atoms with van der Waals surface area (Å²) < 4.78 is 66.1. The minimum atomic E-state index is -4.52. The molecule has 0 aliphatic heterocycles. The van der Waals surface area contributed by atoms with Crippen molar-refractivity contribution >= 4 is 21.3 Å². The summed E-state index contributed by atoms with van der Waals surface area (Å²) >= 11 is 0. The van der Waals surface area contributed by atoms with Crippen LogP contribution in [-0.2, 0) is 22.9 Å². The molecule has 3 atom stereocenters. The quantitative estimate of drug-likeness (QED) is 0.491. The number of rotatable bonds is 7. The summed E-state index contributed by atoms with van der Waals surface area (Å²) in [5, 5.41) is 11.8. The number of nitrogens with zero attached hydrogens (tertiary/aromatic N) is 3. The summed E-state index contributed by atoms with van der Waals surface area (Å²) in [4.78, 5) is 30.8. The molecule has 0 saturated heterocycles. The first-order chi connectivity index (χ1) is 19.7. The van der Waals surface area contributed by atoms with Gasteiger partial charge in [0.1, 0.15) is 5.56 Å². The summed E-state index contributed by atoms with van der Waals surface area (Å²) in [5.74, 6) is -3.38. The molecule has 1 N–H and O–H groups in total. The lowest BCUT2D eigenvalue weighted by Gasteiger charge is -2.26. The van der Waals surface area contributed by atoms with Crippen LogP contribution in [0.1, 0.15) is 41.9 Å². The molecule has 0 radical (unpaired) electrons. The Bertz CT molecular complexity index is 1730. The van der Waals surface area contributed by atoms with Gasteiger partial charge in [0.25, 0.3) is 5.91 Å². The number of nitriles is 1. The van der Waals surface area contributed by atoms with Crippen molar-refractivity contribution in [1.29, 1.82) is 5.26 Å². The molecule has 8 nitrogen and oxygen atoms in total. The van der Waals surface area contributed by atoms with Crippen molar-refractivity contribution in [2.24, 2.45) is 17.8 Å². The third-order valence-corrected chi connectivity index (χ3v) is 8.44. The van der Waals surface area contributed by atoms with Gasteiger partial charge in [-0.1, -0.05) is 38.2 Å². The summed E-state index contributed by atoms with van der Waals surface area (Å²) in [6, 6.07) is 4.92. The van der Waals surface area contributed by atoms with Gasteiger partial charge in [0.15, 0.2) is 9.84 Å². The van der Waals surface area contributed by atoms with E-state index in [1.807, 2.05) is 6.92 Å². The molecule has 2 heterocycles. The van der Waals surface area contributed by atoms with Gasteiger partial charge < -0.3 is 9.88 Å². The number of hydrogen-bond donors (Lipinski definition) is 1. The van der Waals surface area contributed by atoms with Gasteiger partial charge in [-0.3, -0.25) is 14.6 Å². The molecule has 42 heavy (non-hydrogen) atoms. The summed E-state index contributed by atoms with van der Waals surface area (Å²) in [5.41, 5.74) is 0.900. The van der Waals surface area contributed by atoms with Gasteiger partial charge in [-0.15, -0.1) is 0 Å². The largest absolute Gasteiger partial charge is 0.395 e. The van der Waals surface area contributed by atoms with Gasteiger partial charge in [-0.2, -0.15) is 18.4 Å². The van der Waals surface area contributed by atoms with E-state index in [9.17, 15) is 36.4 Å². The van der Waals surface area contributed by atoms with Gasteiger partial charge in [0.2, 0.25) is 5.43 Å². The van der Waals surface area contributed by atoms with E-state index in [0.29, 0.717) is 17.7 Å². The van der Waals surface area contributed by atoms with Crippen molar-refractivity contribution < 1.29 is 26.4 Å². The van der Waals surface area contributed by atoms with Crippen molar-refractivity contribution in [3.63, 3.8) is 0 Å². The molecule has 0 saturated carbocycles. The number of aromatic nitrogens is 2. The molecule has 0 aromatic carbocycles. The normalized spacial score (nSPS) is 20.7. The highest BCUT2D eigenvalue weighted by Crippen LogP contribution is 2.38. The van der Waals surface area contributed by atoms with Crippen molar-refractivity contribution in [1.82, 2.24) is 14.9 Å². The first-order valence-corrected chi connectivity index (χ1v) is 15.0. The van der Waals surface area contributed by atoms with E-state index in [-0.39, 0.29) is 40.6 Å². The Hall–Kier alpha value is -4.24. The highest BCUT2D eigenvalue weighted by Gasteiger charge is 2.42. The van der Waals surface area contributed by atoms with E-state index < -0.39 is 39.2 Å². The third kappa shape index (κ3) is 6.97. The minimum absolute atomic E-state index is 0.00460. The Morgan fingerprint density at radius 2 is 1.95 bits per heavy atom.